The van der Waals surface area contributed by atoms with Gasteiger partial charge in [0, 0.05) is 6.54 Å². The Morgan fingerprint density at radius 1 is 1.53 bits per heavy atom. The Labute approximate surface area is 84.5 Å². The largest absolute Gasteiger partial charge is 0.476 e. The number of rotatable bonds is 2. The zero-order valence-corrected chi connectivity index (χ0v) is 7.84. The number of nitro groups is 1. The van der Waals surface area contributed by atoms with Gasteiger partial charge in [-0.05, 0) is 19.3 Å². The first-order chi connectivity index (χ1) is 7.11. The number of aromatic carboxylic acids is 1. The number of fused-ring (bicyclic) bond motifs is 1. The van der Waals surface area contributed by atoms with Crippen molar-refractivity contribution >= 4 is 11.7 Å². The molecule has 80 valence electrons. The number of aryl methyl sites for hydroxylation is 1. The van der Waals surface area contributed by atoms with Crippen LogP contribution in [0.1, 0.15) is 29.0 Å². The lowest BCUT2D eigenvalue weighted by molar-refractivity contribution is -0.386. The van der Waals surface area contributed by atoms with E-state index in [2.05, 4.69) is 5.10 Å². The van der Waals surface area contributed by atoms with Crippen molar-refractivity contribution in [3.8, 4) is 0 Å². The maximum Gasteiger partial charge on any atom is 0.363 e. The highest BCUT2D eigenvalue weighted by atomic mass is 16.6. The van der Waals surface area contributed by atoms with Gasteiger partial charge in [-0.1, -0.05) is 0 Å². The second-order valence-corrected chi connectivity index (χ2v) is 3.39. The molecule has 2 heterocycles. The highest BCUT2D eigenvalue weighted by Crippen LogP contribution is 2.28. The molecule has 0 atom stereocenters. The van der Waals surface area contributed by atoms with E-state index in [0.29, 0.717) is 18.7 Å². The van der Waals surface area contributed by atoms with Gasteiger partial charge in [0.15, 0.2) is 0 Å². The lowest BCUT2D eigenvalue weighted by Gasteiger charge is -2.11. The molecule has 0 aliphatic carbocycles. The Kier molecular flexibility index (Phi) is 2.14. The number of carboxylic acids is 1. The second-order valence-electron chi connectivity index (χ2n) is 3.39. The van der Waals surface area contributed by atoms with Gasteiger partial charge in [0.05, 0.1) is 4.92 Å². The predicted octanol–water partition coefficient (Wildman–Crippen LogP) is 0.826. The van der Waals surface area contributed by atoms with Gasteiger partial charge in [-0.3, -0.25) is 14.8 Å². The molecule has 1 aliphatic rings. The first-order valence-corrected chi connectivity index (χ1v) is 4.58. The third-order valence-electron chi connectivity index (χ3n) is 2.45. The summed E-state index contributed by atoms with van der Waals surface area (Å²) in [5, 5.41) is 23.3. The quantitative estimate of drug-likeness (QED) is 0.576. The Bertz CT molecular complexity index is 437. The minimum Gasteiger partial charge on any atom is -0.476 e. The molecule has 0 aromatic carbocycles. The maximum absolute atomic E-state index is 10.8. The van der Waals surface area contributed by atoms with Crippen molar-refractivity contribution in [3.05, 3.63) is 21.5 Å². The predicted molar refractivity (Wildman–Crippen MR) is 48.8 cm³/mol. The molecule has 7 nitrogen and oxygen atoms in total. The van der Waals surface area contributed by atoms with E-state index < -0.39 is 16.6 Å². The van der Waals surface area contributed by atoms with Gasteiger partial charge in [-0.15, -0.1) is 0 Å². The van der Waals surface area contributed by atoms with Crippen molar-refractivity contribution in [2.24, 2.45) is 0 Å². The van der Waals surface area contributed by atoms with Crippen LogP contribution in [0.15, 0.2) is 0 Å². The van der Waals surface area contributed by atoms with Crippen LogP contribution in [0.2, 0.25) is 0 Å². The van der Waals surface area contributed by atoms with Crippen LogP contribution < -0.4 is 0 Å². The molecule has 1 aromatic rings. The van der Waals surface area contributed by atoms with Gasteiger partial charge >= 0.3 is 11.7 Å². The van der Waals surface area contributed by atoms with Gasteiger partial charge in [0.2, 0.25) is 5.69 Å². The highest BCUT2D eigenvalue weighted by Gasteiger charge is 2.32. The van der Waals surface area contributed by atoms with Crippen LogP contribution in [0, 0.1) is 10.1 Å². The number of hydrogen-bond donors (Lipinski definition) is 1. The Hall–Kier alpha value is -1.92. The molecule has 0 fully saturated rings. The molecule has 0 bridgehead atoms. The fourth-order valence-corrected chi connectivity index (χ4v) is 1.81. The zero-order chi connectivity index (χ0) is 11.0. The third kappa shape index (κ3) is 1.45. The molecule has 0 unspecified atom stereocenters. The summed E-state index contributed by atoms with van der Waals surface area (Å²) in [5.41, 5.74) is -0.359. The summed E-state index contributed by atoms with van der Waals surface area (Å²) in [6.45, 7) is 0.559. The van der Waals surface area contributed by atoms with E-state index in [1.165, 1.54) is 4.68 Å². The fraction of sp³-hybridized carbons (Fsp3) is 0.500. The molecule has 1 N–H and O–H groups in total. The van der Waals surface area contributed by atoms with Crippen LogP contribution in [-0.2, 0) is 13.0 Å². The monoisotopic (exact) mass is 211 g/mol. The highest BCUT2D eigenvalue weighted by molar-refractivity contribution is 5.90. The molecular weight excluding hydrogens is 202 g/mol. The lowest BCUT2D eigenvalue weighted by Crippen LogP contribution is -2.11. The van der Waals surface area contributed by atoms with E-state index in [1.54, 1.807) is 0 Å². The van der Waals surface area contributed by atoms with E-state index in [9.17, 15) is 14.9 Å². The summed E-state index contributed by atoms with van der Waals surface area (Å²) in [6.07, 6.45) is 2.24. The summed E-state index contributed by atoms with van der Waals surface area (Å²) in [6, 6.07) is 0. The molecule has 0 amide bonds. The molecule has 7 heteroatoms. The Morgan fingerprint density at radius 3 is 2.87 bits per heavy atom. The summed E-state index contributed by atoms with van der Waals surface area (Å²) >= 11 is 0. The Morgan fingerprint density at radius 2 is 2.27 bits per heavy atom. The SMILES string of the molecule is O=C(O)c1nn2c(c1[N+](=O)[O-])CCCC2. The first kappa shape index (κ1) is 9.63. The van der Waals surface area contributed by atoms with Crippen LogP contribution in [0.5, 0.6) is 0 Å². The average Bonchev–Trinajstić information content (AvgIpc) is 2.56. The summed E-state index contributed by atoms with van der Waals surface area (Å²) in [4.78, 5) is 20.9. The maximum atomic E-state index is 10.8. The minimum atomic E-state index is -1.34. The molecule has 2 rings (SSSR count). The van der Waals surface area contributed by atoms with Crippen LogP contribution in [0.25, 0.3) is 0 Å². The zero-order valence-electron chi connectivity index (χ0n) is 7.84. The van der Waals surface area contributed by atoms with Gasteiger partial charge in [-0.25, -0.2) is 4.79 Å². The van der Waals surface area contributed by atoms with Crippen molar-refractivity contribution in [3.63, 3.8) is 0 Å². The van der Waals surface area contributed by atoms with Crippen molar-refractivity contribution in [1.29, 1.82) is 0 Å². The fourth-order valence-electron chi connectivity index (χ4n) is 1.81. The topological polar surface area (TPSA) is 98.3 Å². The van der Waals surface area contributed by atoms with Crippen molar-refractivity contribution < 1.29 is 14.8 Å². The van der Waals surface area contributed by atoms with E-state index in [0.717, 1.165) is 12.8 Å². The number of carbonyl (C=O) groups is 1. The van der Waals surface area contributed by atoms with Crippen molar-refractivity contribution in [1.82, 2.24) is 9.78 Å². The summed E-state index contributed by atoms with van der Waals surface area (Å²) in [7, 11) is 0. The van der Waals surface area contributed by atoms with Gasteiger partial charge < -0.3 is 5.11 Å². The van der Waals surface area contributed by atoms with Crippen molar-refractivity contribution in [2.75, 3.05) is 0 Å². The average molecular weight is 211 g/mol. The first-order valence-electron chi connectivity index (χ1n) is 4.58. The summed E-state index contributed by atoms with van der Waals surface area (Å²) < 4.78 is 1.44. The van der Waals surface area contributed by atoms with Gasteiger partial charge in [0.25, 0.3) is 0 Å². The number of nitrogens with zero attached hydrogens (tertiary/aromatic N) is 3. The molecule has 0 saturated heterocycles. The smallest absolute Gasteiger partial charge is 0.363 e. The van der Waals surface area contributed by atoms with E-state index in [-0.39, 0.29) is 5.69 Å². The molecule has 15 heavy (non-hydrogen) atoms. The van der Waals surface area contributed by atoms with Gasteiger partial charge in [0.1, 0.15) is 5.69 Å². The van der Waals surface area contributed by atoms with E-state index in [4.69, 9.17) is 5.11 Å². The third-order valence-corrected chi connectivity index (χ3v) is 2.45. The lowest BCUT2D eigenvalue weighted by atomic mass is 10.1. The second kappa shape index (κ2) is 3.34. The molecule has 1 aromatic heterocycles. The summed E-state index contributed by atoms with van der Waals surface area (Å²) in [5.74, 6) is -1.34. The number of hydrogen-bond acceptors (Lipinski definition) is 4. The molecule has 0 saturated carbocycles. The molecular formula is C8H9N3O4. The van der Waals surface area contributed by atoms with Crippen LogP contribution in [-0.4, -0.2) is 25.8 Å². The molecule has 1 aliphatic heterocycles. The normalized spacial score (nSPS) is 14.7. The van der Waals surface area contributed by atoms with Crippen molar-refractivity contribution in [2.45, 2.75) is 25.8 Å². The minimum absolute atomic E-state index is 0.345. The van der Waals surface area contributed by atoms with E-state index >= 15 is 0 Å². The van der Waals surface area contributed by atoms with Crippen LogP contribution in [0.3, 0.4) is 0 Å². The standard InChI is InChI=1S/C8H9N3O4/c12-8(13)6-7(11(14)15)5-3-1-2-4-10(5)9-6/h1-4H2,(H,12,13). The van der Waals surface area contributed by atoms with E-state index in [1.807, 2.05) is 0 Å². The van der Waals surface area contributed by atoms with Crippen LogP contribution in [0.4, 0.5) is 5.69 Å². The number of aromatic nitrogens is 2. The Balaban J connectivity index is 2.61. The molecule has 0 radical (unpaired) electrons. The van der Waals surface area contributed by atoms with Crippen LogP contribution >= 0.6 is 0 Å². The van der Waals surface area contributed by atoms with Gasteiger partial charge in [-0.2, -0.15) is 5.10 Å². The number of carboxylic acid groups (broad SMARTS) is 1. The molecule has 0 spiro atoms.